The largest absolute Gasteiger partial charge is 0.497 e. The molecule has 0 fully saturated rings. The predicted molar refractivity (Wildman–Crippen MR) is 95.0 cm³/mol. The van der Waals surface area contributed by atoms with E-state index in [2.05, 4.69) is 18.7 Å². The van der Waals surface area contributed by atoms with E-state index in [1.165, 1.54) is 0 Å². The van der Waals surface area contributed by atoms with Crippen LogP contribution in [0, 0.1) is 5.92 Å². The summed E-state index contributed by atoms with van der Waals surface area (Å²) < 4.78 is 10.3. The lowest BCUT2D eigenvalue weighted by molar-refractivity contribution is -0.147. The number of carbonyl (C=O) groups is 1. The van der Waals surface area contributed by atoms with Crippen LogP contribution in [0.15, 0.2) is 24.3 Å². The number of carbonyl (C=O) groups excluding carboxylic acids is 1. The fraction of sp³-hybridized carbons (Fsp3) is 0.632. The molecular weight excluding hydrogens is 306 g/mol. The SMILES string of the molecule is CCCC(=O)OCC(O)CN(Cc1ccc(OC)cc1)CC(C)C. The normalized spacial score (nSPS) is 12.5. The quantitative estimate of drug-likeness (QED) is 0.629. The van der Waals surface area contributed by atoms with Gasteiger partial charge < -0.3 is 14.6 Å². The van der Waals surface area contributed by atoms with E-state index in [-0.39, 0.29) is 12.6 Å². The third kappa shape index (κ3) is 8.31. The summed E-state index contributed by atoms with van der Waals surface area (Å²) in [4.78, 5) is 13.6. The molecule has 1 aromatic rings. The minimum atomic E-state index is -0.678. The third-order valence-electron chi connectivity index (χ3n) is 3.55. The van der Waals surface area contributed by atoms with E-state index in [1.54, 1.807) is 7.11 Å². The molecule has 0 spiro atoms. The maximum atomic E-state index is 11.4. The van der Waals surface area contributed by atoms with Crippen LogP contribution in [0.3, 0.4) is 0 Å². The average Bonchev–Trinajstić information content (AvgIpc) is 2.53. The van der Waals surface area contributed by atoms with Gasteiger partial charge in [-0.3, -0.25) is 9.69 Å². The van der Waals surface area contributed by atoms with Crippen molar-refractivity contribution >= 4 is 5.97 Å². The maximum Gasteiger partial charge on any atom is 0.305 e. The number of ether oxygens (including phenoxy) is 2. The Labute approximate surface area is 145 Å². The molecular formula is C19H31NO4. The van der Waals surface area contributed by atoms with E-state index in [4.69, 9.17) is 9.47 Å². The topological polar surface area (TPSA) is 59.0 Å². The Hall–Kier alpha value is -1.59. The standard InChI is InChI=1S/C19H31NO4/c1-5-6-19(22)24-14-17(21)13-20(11-15(2)3)12-16-7-9-18(23-4)10-8-16/h7-10,15,17,21H,5-6,11-14H2,1-4H3. The number of aliphatic hydroxyl groups excluding tert-OH is 1. The summed E-state index contributed by atoms with van der Waals surface area (Å²) >= 11 is 0. The van der Waals surface area contributed by atoms with Crippen molar-refractivity contribution in [3.63, 3.8) is 0 Å². The molecule has 0 saturated carbocycles. The van der Waals surface area contributed by atoms with Crippen LogP contribution in [0.4, 0.5) is 0 Å². The molecule has 0 aliphatic heterocycles. The summed E-state index contributed by atoms with van der Waals surface area (Å²) in [5.74, 6) is 1.07. The van der Waals surface area contributed by atoms with Gasteiger partial charge in [0.15, 0.2) is 0 Å². The van der Waals surface area contributed by atoms with Gasteiger partial charge in [0.2, 0.25) is 0 Å². The Morgan fingerprint density at radius 1 is 1.21 bits per heavy atom. The molecule has 0 amide bonds. The molecule has 0 radical (unpaired) electrons. The summed E-state index contributed by atoms with van der Waals surface area (Å²) in [6.45, 7) is 8.36. The van der Waals surface area contributed by atoms with Crippen molar-refractivity contribution in [3.8, 4) is 5.75 Å². The number of benzene rings is 1. The number of rotatable bonds is 11. The van der Waals surface area contributed by atoms with Gasteiger partial charge in [-0.15, -0.1) is 0 Å². The lowest BCUT2D eigenvalue weighted by Gasteiger charge is -2.26. The van der Waals surface area contributed by atoms with Gasteiger partial charge in [-0.05, 0) is 30.0 Å². The molecule has 1 aromatic carbocycles. The van der Waals surface area contributed by atoms with E-state index >= 15 is 0 Å². The molecule has 1 N–H and O–H groups in total. The monoisotopic (exact) mass is 337 g/mol. The highest BCUT2D eigenvalue weighted by molar-refractivity contribution is 5.69. The fourth-order valence-corrected chi connectivity index (χ4v) is 2.53. The molecule has 24 heavy (non-hydrogen) atoms. The second-order valence-corrected chi connectivity index (χ2v) is 6.52. The molecule has 0 aliphatic rings. The van der Waals surface area contributed by atoms with Crippen LogP contribution in [0.5, 0.6) is 5.75 Å². The first kappa shape index (κ1) is 20.5. The first-order valence-electron chi connectivity index (χ1n) is 8.63. The maximum absolute atomic E-state index is 11.4. The van der Waals surface area contributed by atoms with E-state index in [1.807, 2.05) is 31.2 Å². The van der Waals surface area contributed by atoms with Crippen molar-refractivity contribution in [1.82, 2.24) is 4.90 Å². The summed E-state index contributed by atoms with van der Waals surface area (Å²) in [6.07, 6.45) is 0.475. The molecule has 5 nitrogen and oxygen atoms in total. The van der Waals surface area contributed by atoms with Crippen molar-refractivity contribution in [2.75, 3.05) is 26.8 Å². The van der Waals surface area contributed by atoms with Crippen molar-refractivity contribution in [1.29, 1.82) is 0 Å². The second kappa shape index (κ2) is 11.0. The number of esters is 1. The zero-order valence-electron chi connectivity index (χ0n) is 15.3. The van der Waals surface area contributed by atoms with E-state index in [0.717, 1.165) is 30.8 Å². The van der Waals surface area contributed by atoms with Crippen molar-refractivity contribution in [2.45, 2.75) is 46.3 Å². The third-order valence-corrected chi connectivity index (χ3v) is 3.55. The van der Waals surface area contributed by atoms with Gasteiger partial charge in [-0.25, -0.2) is 0 Å². The molecule has 1 unspecified atom stereocenters. The summed E-state index contributed by atoms with van der Waals surface area (Å²) in [5.41, 5.74) is 1.16. The lowest BCUT2D eigenvalue weighted by atomic mass is 10.1. The zero-order valence-corrected chi connectivity index (χ0v) is 15.3. The highest BCUT2D eigenvalue weighted by Crippen LogP contribution is 2.14. The Bertz CT molecular complexity index is 473. The predicted octanol–water partition coefficient (Wildman–Crippen LogP) is 2.86. The molecule has 0 aromatic heterocycles. The minimum Gasteiger partial charge on any atom is -0.497 e. The molecule has 0 heterocycles. The second-order valence-electron chi connectivity index (χ2n) is 6.52. The van der Waals surface area contributed by atoms with E-state index in [0.29, 0.717) is 18.9 Å². The summed E-state index contributed by atoms with van der Waals surface area (Å²) in [6, 6.07) is 7.93. The number of methoxy groups -OCH3 is 1. The van der Waals surface area contributed by atoms with E-state index < -0.39 is 6.10 Å². The molecule has 0 bridgehead atoms. The number of hydrogen-bond acceptors (Lipinski definition) is 5. The molecule has 0 saturated heterocycles. The van der Waals surface area contributed by atoms with Crippen LogP contribution in [-0.2, 0) is 16.1 Å². The Balaban J connectivity index is 2.55. The highest BCUT2D eigenvalue weighted by Gasteiger charge is 2.15. The molecule has 0 aliphatic carbocycles. The van der Waals surface area contributed by atoms with Crippen molar-refractivity contribution in [2.24, 2.45) is 5.92 Å². The van der Waals surface area contributed by atoms with Crippen LogP contribution in [0.25, 0.3) is 0 Å². The average molecular weight is 337 g/mol. The van der Waals surface area contributed by atoms with Crippen LogP contribution in [-0.4, -0.2) is 48.9 Å². The van der Waals surface area contributed by atoms with Gasteiger partial charge in [0, 0.05) is 26.1 Å². The zero-order chi connectivity index (χ0) is 17.9. The van der Waals surface area contributed by atoms with Gasteiger partial charge in [0.05, 0.1) is 7.11 Å². The minimum absolute atomic E-state index is 0.0516. The van der Waals surface area contributed by atoms with Gasteiger partial charge in [-0.2, -0.15) is 0 Å². The number of nitrogens with zero attached hydrogens (tertiary/aromatic N) is 1. The Morgan fingerprint density at radius 2 is 1.88 bits per heavy atom. The van der Waals surface area contributed by atoms with E-state index in [9.17, 15) is 9.90 Å². The van der Waals surface area contributed by atoms with Crippen molar-refractivity contribution < 1.29 is 19.4 Å². The summed E-state index contributed by atoms with van der Waals surface area (Å²) in [5, 5.41) is 10.2. The number of hydrogen-bond donors (Lipinski definition) is 1. The van der Waals surface area contributed by atoms with Gasteiger partial charge in [0.25, 0.3) is 0 Å². The van der Waals surface area contributed by atoms with Crippen LogP contribution in [0.2, 0.25) is 0 Å². The van der Waals surface area contributed by atoms with Crippen LogP contribution < -0.4 is 4.74 Å². The number of aliphatic hydroxyl groups is 1. The highest BCUT2D eigenvalue weighted by atomic mass is 16.5. The molecule has 5 heteroatoms. The van der Waals surface area contributed by atoms with Gasteiger partial charge in [-0.1, -0.05) is 32.9 Å². The molecule has 1 rings (SSSR count). The molecule has 1 atom stereocenters. The first-order chi connectivity index (χ1) is 11.4. The van der Waals surface area contributed by atoms with Gasteiger partial charge in [0.1, 0.15) is 18.5 Å². The lowest BCUT2D eigenvalue weighted by Crippen LogP contribution is -2.37. The summed E-state index contributed by atoms with van der Waals surface area (Å²) in [7, 11) is 1.65. The first-order valence-corrected chi connectivity index (χ1v) is 8.63. The van der Waals surface area contributed by atoms with Crippen LogP contribution >= 0.6 is 0 Å². The Morgan fingerprint density at radius 3 is 2.42 bits per heavy atom. The van der Waals surface area contributed by atoms with Crippen LogP contribution in [0.1, 0.15) is 39.2 Å². The smallest absolute Gasteiger partial charge is 0.305 e. The van der Waals surface area contributed by atoms with Crippen molar-refractivity contribution in [3.05, 3.63) is 29.8 Å². The Kier molecular flexibility index (Phi) is 9.42. The fourth-order valence-electron chi connectivity index (χ4n) is 2.53. The van der Waals surface area contributed by atoms with Gasteiger partial charge >= 0.3 is 5.97 Å². The molecule has 136 valence electrons.